The summed E-state index contributed by atoms with van der Waals surface area (Å²) in [6.07, 6.45) is 1.40. The number of aryl methyl sites for hydroxylation is 2. The summed E-state index contributed by atoms with van der Waals surface area (Å²) in [5.41, 5.74) is 5.97. The van der Waals surface area contributed by atoms with Crippen LogP contribution in [-0.2, 0) is 14.4 Å². The molecule has 0 fully saturated rings. The summed E-state index contributed by atoms with van der Waals surface area (Å²) >= 11 is 0. The summed E-state index contributed by atoms with van der Waals surface area (Å²) in [6, 6.07) is 21.4. The number of anilines is 2. The lowest BCUT2D eigenvalue weighted by atomic mass is 10.1. The minimum absolute atomic E-state index is 0.131. The van der Waals surface area contributed by atoms with E-state index in [0.717, 1.165) is 11.1 Å². The molecule has 168 valence electrons. The Balaban J connectivity index is 1.44. The van der Waals surface area contributed by atoms with Crippen LogP contribution in [0.2, 0.25) is 0 Å². The first-order chi connectivity index (χ1) is 15.9. The third kappa shape index (κ3) is 7.32. The van der Waals surface area contributed by atoms with Crippen LogP contribution in [0.4, 0.5) is 11.4 Å². The number of rotatable bonds is 7. The molecule has 3 aromatic carbocycles. The molecule has 0 spiro atoms. The second-order valence-corrected chi connectivity index (χ2v) is 7.24. The molecule has 0 aliphatic heterocycles. The molecule has 0 aliphatic rings. The SMILES string of the molecule is Cc1ccc(C)c(NC(=O)C(=O)N/N=C\c2ccc(OCC(=O)Nc3ccccc3)cc2)c1. The quantitative estimate of drug-likeness (QED) is 0.295. The number of hydrogen-bond acceptors (Lipinski definition) is 5. The smallest absolute Gasteiger partial charge is 0.329 e. The number of amides is 3. The predicted octanol–water partition coefficient (Wildman–Crippen LogP) is 3.41. The van der Waals surface area contributed by atoms with Crippen molar-refractivity contribution < 1.29 is 19.1 Å². The molecule has 0 atom stereocenters. The number of hydrogen-bond donors (Lipinski definition) is 3. The molecule has 0 radical (unpaired) electrons. The van der Waals surface area contributed by atoms with Gasteiger partial charge in [-0.25, -0.2) is 5.43 Å². The Bertz CT molecular complexity index is 1160. The zero-order valence-electron chi connectivity index (χ0n) is 18.3. The van der Waals surface area contributed by atoms with E-state index in [1.165, 1.54) is 6.21 Å². The topological polar surface area (TPSA) is 109 Å². The Morgan fingerprint density at radius 2 is 1.61 bits per heavy atom. The summed E-state index contributed by atoms with van der Waals surface area (Å²) in [5, 5.41) is 9.11. The van der Waals surface area contributed by atoms with Crippen LogP contribution in [0.15, 0.2) is 77.9 Å². The fraction of sp³-hybridized carbons (Fsp3) is 0.120. The van der Waals surface area contributed by atoms with E-state index in [9.17, 15) is 14.4 Å². The first-order valence-electron chi connectivity index (χ1n) is 10.2. The maximum Gasteiger partial charge on any atom is 0.329 e. The van der Waals surface area contributed by atoms with Gasteiger partial charge in [-0.05, 0) is 73.0 Å². The van der Waals surface area contributed by atoms with Gasteiger partial charge in [-0.1, -0.05) is 30.3 Å². The zero-order chi connectivity index (χ0) is 23.6. The predicted molar refractivity (Wildman–Crippen MR) is 127 cm³/mol. The van der Waals surface area contributed by atoms with Crippen LogP contribution >= 0.6 is 0 Å². The zero-order valence-corrected chi connectivity index (χ0v) is 18.3. The normalized spacial score (nSPS) is 10.5. The van der Waals surface area contributed by atoms with E-state index >= 15 is 0 Å². The van der Waals surface area contributed by atoms with Gasteiger partial charge >= 0.3 is 11.8 Å². The molecule has 8 nitrogen and oxygen atoms in total. The fourth-order valence-corrected chi connectivity index (χ4v) is 2.78. The van der Waals surface area contributed by atoms with Crippen molar-refractivity contribution >= 4 is 35.3 Å². The molecular formula is C25H24N4O4. The van der Waals surface area contributed by atoms with Crippen LogP contribution in [0.25, 0.3) is 0 Å². The number of carbonyl (C=O) groups is 3. The largest absolute Gasteiger partial charge is 0.484 e. The van der Waals surface area contributed by atoms with E-state index < -0.39 is 11.8 Å². The lowest BCUT2D eigenvalue weighted by Gasteiger charge is -2.08. The number of hydrazone groups is 1. The van der Waals surface area contributed by atoms with Gasteiger partial charge in [0.25, 0.3) is 5.91 Å². The Morgan fingerprint density at radius 3 is 2.33 bits per heavy atom. The highest BCUT2D eigenvalue weighted by Gasteiger charge is 2.14. The molecule has 0 aromatic heterocycles. The van der Waals surface area contributed by atoms with Gasteiger partial charge < -0.3 is 15.4 Å². The minimum Gasteiger partial charge on any atom is -0.484 e. The lowest BCUT2D eigenvalue weighted by molar-refractivity contribution is -0.136. The van der Waals surface area contributed by atoms with Crippen LogP contribution in [0, 0.1) is 13.8 Å². The molecule has 0 bridgehead atoms. The van der Waals surface area contributed by atoms with Crippen LogP contribution in [-0.4, -0.2) is 30.5 Å². The Labute approximate surface area is 191 Å². The van der Waals surface area contributed by atoms with Crippen LogP contribution < -0.4 is 20.8 Å². The first-order valence-corrected chi connectivity index (χ1v) is 10.2. The van der Waals surface area contributed by atoms with Crippen LogP contribution in [0.5, 0.6) is 5.75 Å². The van der Waals surface area contributed by atoms with Gasteiger partial charge in [0.1, 0.15) is 5.75 Å². The van der Waals surface area contributed by atoms with Gasteiger partial charge in [0, 0.05) is 11.4 Å². The molecule has 3 amide bonds. The van der Waals surface area contributed by atoms with E-state index in [1.807, 2.05) is 44.2 Å². The third-order valence-corrected chi connectivity index (χ3v) is 4.53. The van der Waals surface area contributed by atoms with Crippen molar-refractivity contribution in [1.29, 1.82) is 0 Å². The molecule has 33 heavy (non-hydrogen) atoms. The maximum absolute atomic E-state index is 12.1. The van der Waals surface area contributed by atoms with E-state index in [-0.39, 0.29) is 12.5 Å². The van der Waals surface area contributed by atoms with Crippen molar-refractivity contribution in [1.82, 2.24) is 5.43 Å². The molecule has 8 heteroatoms. The highest BCUT2D eigenvalue weighted by Crippen LogP contribution is 2.16. The number of nitrogens with one attached hydrogen (secondary N) is 3. The molecule has 0 saturated heterocycles. The standard InChI is InChI=1S/C25H24N4O4/c1-17-8-9-18(2)22(14-17)28-24(31)25(32)29-26-15-19-10-12-21(13-11-19)33-16-23(30)27-20-6-4-3-5-7-20/h3-15H,16H2,1-2H3,(H,27,30)(H,28,31)(H,29,32)/b26-15-. The lowest BCUT2D eigenvalue weighted by Crippen LogP contribution is -2.32. The monoisotopic (exact) mass is 444 g/mol. The average molecular weight is 444 g/mol. The number of ether oxygens (including phenoxy) is 1. The fourth-order valence-electron chi connectivity index (χ4n) is 2.78. The van der Waals surface area contributed by atoms with E-state index in [0.29, 0.717) is 22.7 Å². The molecule has 0 unspecified atom stereocenters. The first kappa shape index (κ1) is 23.2. The van der Waals surface area contributed by atoms with Crippen molar-refractivity contribution in [2.75, 3.05) is 17.2 Å². The van der Waals surface area contributed by atoms with Gasteiger partial charge in [0.05, 0.1) is 6.21 Å². The van der Waals surface area contributed by atoms with Gasteiger partial charge in [-0.15, -0.1) is 0 Å². The Hall–Kier alpha value is -4.46. The summed E-state index contributed by atoms with van der Waals surface area (Å²) in [5.74, 6) is -1.45. The third-order valence-electron chi connectivity index (χ3n) is 4.53. The van der Waals surface area contributed by atoms with E-state index in [2.05, 4.69) is 21.2 Å². The number of para-hydroxylation sites is 1. The Kier molecular flexibility index (Phi) is 7.91. The van der Waals surface area contributed by atoms with Crippen molar-refractivity contribution in [3.05, 3.63) is 89.5 Å². The van der Waals surface area contributed by atoms with Gasteiger partial charge in [-0.3, -0.25) is 14.4 Å². The Morgan fingerprint density at radius 1 is 0.879 bits per heavy atom. The average Bonchev–Trinajstić information content (AvgIpc) is 2.81. The summed E-state index contributed by atoms with van der Waals surface area (Å²) < 4.78 is 5.46. The highest BCUT2D eigenvalue weighted by molar-refractivity contribution is 6.39. The molecular weight excluding hydrogens is 420 g/mol. The summed E-state index contributed by atoms with van der Waals surface area (Å²) in [4.78, 5) is 36.0. The van der Waals surface area contributed by atoms with E-state index in [1.54, 1.807) is 42.5 Å². The minimum atomic E-state index is -0.878. The molecule has 0 aliphatic carbocycles. The van der Waals surface area contributed by atoms with E-state index in [4.69, 9.17) is 4.74 Å². The number of nitrogens with zero attached hydrogens (tertiary/aromatic N) is 1. The molecule has 3 N–H and O–H groups in total. The van der Waals surface area contributed by atoms with Crippen LogP contribution in [0.3, 0.4) is 0 Å². The molecule has 3 aromatic rings. The molecule has 0 saturated carbocycles. The summed E-state index contributed by atoms with van der Waals surface area (Å²) in [7, 11) is 0. The van der Waals surface area contributed by atoms with Crippen molar-refractivity contribution in [2.24, 2.45) is 5.10 Å². The van der Waals surface area contributed by atoms with Crippen molar-refractivity contribution in [3.8, 4) is 5.75 Å². The second-order valence-electron chi connectivity index (χ2n) is 7.24. The maximum atomic E-state index is 12.1. The molecule has 0 heterocycles. The second kappa shape index (κ2) is 11.2. The van der Waals surface area contributed by atoms with Gasteiger partial charge in [0.2, 0.25) is 0 Å². The van der Waals surface area contributed by atoms with Crippen molar-refractivity contribution in [2.45, 2.75) is 13.8 Å². The number of carbonyl (C=O) groups excluding carboxylic acids is 3. The van der Waals surface area contributed by atoms with Crippen LogP contribution in [0.1, 0.15) is 16.7 Å². The van der Waals surface area contributed by atoms with Gasteiger partial charge in [0.15, 0.2) is 6.61 Å². The highest BCUT2D eigenvalue weighted by atomic mass is 16.5. The number of benzene rings is 3. The van der Waals surface area contributed by atoms with Gasteiger partial charge in [-0.2, -0.15) is 5.10 Å². The summed E-state index contributed by atoms with van der Waals surface area (Å²) in [6.45, 7) is 3.61. The molecule has 3 rings (SSSR count). The van der Waals surface area contributed by atoms with Crippen molar-refractivity contribution in [3.63, 3.8) is 0 Å².